The summed E-state index contributed by atoms with van der Waals surface area (Å²) in [5, 5.41) is 6.34. The number of hydrogen-bond acceptors (Lipinski definition) is 6. The minimum absolute atomic E-state index is 0.0467. The van der Waals surface area contributed by atoms with Crippen LogP contribution in [-0.4, -0.2) is 71.5 Å². The van der Waals surface area contributed by atoms with Gasteiger partial charge in [0.25, 0.3) is 5.56 Å². The van der Waals surface area contributed by atoms with Gasteiger partial charge in [0, 0.05) is 45.7 Å². The first-order valence-electron chi connectivity index (χ1n) is 13.8. The van der Waals surface area contributed by atoms with Crippen LogP contribution < -0.4 is 16.2 Å². The van der Waals surface area contributed by atoms with E-state index in [1.807, 2.05) is 17.0 Å². The Bertz CT molecular complexity index is 1190. The van der Waals surface area contributed by atoms with E-state index in [-0.39, 0.29) is 23.3 Å². The number of hydrogen-bond donors (Lipinski definition) is 3. The van der Waals surface area contributed by atoms with Crippen LogP contribution >= 0.6 is 0 Å². The van der Waals surface area contributed by atoms with Gasteiger partial charge in [0.2, 0.25) is 17.7 Å². The summed E-state index contributed by atoms with van der Waals surface area (Å²) in [4.78, 5) is 60.2. The molecule has 0 radical (unpaired) electrons. The van der Waals surface area contributed by atoms with Gasteiger partial charge in [-0.05, 0) is 57.6 Å². The van der Waals surface area contributed by atoms with Crippen LogP contribution in [0.15, 0.2) is 29.1 Å². The second-order valence-electron chi connectivity index (χ2n) is 10.5. The summed E-state index contributed by atoms with van der Waals surface area (Å²) in [5.41, 5.74) is -0.110. The Hall–Kier alpha value is -3.27. The molecule has 0 bridgehead atoms. The Morgan fingerprint density at radius 3 is 2.66 bits per heavy atom. The van der Waals surface area contributed by atoms with Crippen LogP contribution in [0.3, 0.4) is 0 Å². The van der Waals surface area contributed by atoms with E-state index < -0.39 is 11.5 Å². The van der Waals surface area contributed by atoms with Crippen LogP contribution in [0.4, 0.5) is 0 Å². The monoisotopic (exact) mass is 525 g/mol. The van der Waals surface area contributed by atoms with Crippen molar-refractivity contribution < 1.29 is 19.1 Å². The second kappa shape index (κ2) is 13.0. The molecule has 2 fully saturated rings. The highest BCUT2D eigenvalue weighted by atomic mass is 16.5. The highest BCUT2D eigenvalue weighted by Gasteiger charge is 2.42. The summed E-state index contributed by atoms with van der Waals surface area (Å²) in [6.45, 7) is 4.50. The summed E-state index contributed by atoms with van der Waals surface area (Å²) in [5.74, 6) is 0.333. The number of nitrogens with zero attached hydrogens (tertiary/aromatic N) is 2. The van der Waals surface area contributed by atoms with Gasteiger partial charge in [-0.25, -0.2) is 4.98 Å². The molecule has 38 heavy (non-hydrogen) atoms. The molecule has 3 amide bonds. The molecule has 3 N–H and O–H groups in total. The molecule has 10 nitrogen and oxygen atoms in total. The van der Waals surface area contributed by atoms with Crippen molar-refractivity contribution in [3.05, 3.63) is 40.4 Å². The Morgan fingerprint density at radius 1 is 1.08 bits per heavy atom. The molecule has 3 heterocycles. The number of fused-ring (bicyclic) bond motifs is 1. The van der Waals surface area contributed by atoms with Crippen molar-refractivity contribution in [1.82, 2.24) is 25.5 Å². The SMILES string of the molecule is C[C@@H]1NC(=O)C2(CCCCOCCCNC1=O)CCN(C(=O)CCCc1nc3ccccc3c(=O)[nH]1)CC2. The van der Waals surface area contributed by atoms with E-state index >= 15 is 0 Å². The number of carbonyl (C=O) groups is 3. The Labute approximate surface area is 222 Å². The summed E-state index contributed by atoms with van der Waals surface area (Å²) < 4.78 is 5.66. The number of H-pyrrole nitrogens is 1. The molecule has 0 unspecified atom stereocenters. The first kappa shape index (κ1) is 27.8. The van der Waals surface area contributed by atoms with E-state index in [9.17, 15) is 19.2 Å². The van der Waals surface area contributed by atoms with Gasteiger partial charge in [-0.15, -0.1) is 0 Å². The predicted octanol–water partition coefficient (Wildman–Crippen LogP) is 2.07. The van der Waals surface area contributed by atoms with Gasteiger partial charge in [0.15, 0.2) is 0 Å². The Balaban J connectivity index is 1.31. The number of ether oxygens (including phenoxy) is 1. The van der Waals surface area contributed by atoms with Crippen LogP contribution in [0.2, 0.25) is 0 Å². The number of carbonyl (C=O) groups excluding carboxylic acids is 3. The molecule has 0 aliphatic carbocycles. The van der Waals surface area contributed by atoms with Gasteiger partial charge in [0.05, 0.1) is 16.3 Å². The molecule has 1 aromatic heterocycles. The van der Waals surface area contributed by atoms with Gasteiger partial charge in [-0.1, -0.05) is 18.6 Å². The fraction of sp³-hybridized carbons (Fsp3) is 0.607. The number of aromatic nitrogens is 2. The number of aryl methyl sites for hydroxylation is 1. The molecule has 2 saturated heterocycles. The molecule has 1 atom stereocenters. The lowest BCUT2D eigenvalue weighted by Crippen LogP contribution is -2.54. The van der Waals surface area contributed by atoms with Crippen molar-refractivity contribution in [2.75, 3.05) is 32.8 Å². The Morgan fingerprint density at radius 2 is 1.84 bits per heavy atom. The van der Waals surface area contributed by atoms with Crippen molar-refractivity contribution in [3.8, 4) is 0 Å². The molecule has 1 aromatic carbocycles. The molecule has 2 aliphatic heterocycles. The van der Waals surface area contributed by atoms with E-state index in [1.165, 1.54) is 0 Å². The number of piperidine rings is 1. The maximum Gasteiger partial charge on any atom is 0.258 e. The van der Waals surface area contributed by atoms with Crippen LogP contribution in [0.5, 0.6) is 0 Å². The number of para-hydroxylation sites is 1. The van der Waals surface area contributed by atoms with Crippen molar-refractivity contribution in [2.45, 2.75) is 70.8 Å². The summed E-state index contributed by atoms with van der Waals surface area (Å²) in [7, 11) is 0. The standard InChI is InChI=1S/C28H39N5O5/c1-20-25(35)29-15-7-19-38-18-5-4-12-28(27(37)30-20)13-16-33(17-14-28)24(34)11-6-10-23-31-22-9-3-2-8-21(22)26(36)32-23/h2-3,8-9,20H,4-7,10-19H2,1H3,(H,29,35)(H,30,37)(H,31,32,36)/t20-/m0/s1. The fourth-order valence-corrected chi connectivity index (χ4v) is 5.32. The zero-order chi connectivity index (χ0) is 27.0. The van der Waals surface area contributed by atoms with E-state index in [0.29, 0.717) is 88.1 Å². The van der Waals surface area contributed by atoms with E-state index in [4.69, 9.17) is 4.74 Å². The number of amides is 3. The average molecular weight is 526 g/mol. The van der Waals surface area contributed by atoms with Crippen molar-refractivity contribution in [2.24, 2.45) is 5.41 Å². The maximum absolute atomic E-state index is 13.4. The first-order valence-corrected chi connectivity index (χ1v) is 13.8. The van der Waals surface area contributed by atoms with Gasteiger partial charge < -0.3 is 25.3 Å². The molecule has 1 spiro atoms. The number of benzene rings is 1. The third kappa shape index (κ3) is 6.98. The highest BCUT2D eigenvalue weighted by molar-refractivity contribution is 5.90. The summed E-state index contributed by atoms with van der Waals surface area (Å²) in [6.07, 6.45) is 5.77. The van der Waals surface area contributed by atoms with E-state index in [2.05, 4.69) is 20.6 Å². The molecule has 4 rings (SSSR count). The van der Waals surface area contributed by atoms with Crippen LogP contribution in [0, 0.1) is 5.41 Å². The zero-order valence-electron chi connectivity index (χ0n) is 22.2. The lowest BCUT2D eigenvalue weighted by Gasteiger charge is -2.41. The fourth-order valence-electron chi connectivity index (χ4n) is 5.32. The summed E-state index contributed by atoms with van der Waals surface area (Å²) >= 11 is 0. The van der Waals surface area contributed by atoms with Crippen LogP contribution in [0.25, 0.3) is 10.9 Å². The molecule has 206 valence electrons. The number of nitrogens with one attached hydrogen (secondary N) is 3. The van der Waals surface area contributed by atoms with Gasteiger partial charge in [-0.2, -0.15) is 0 Å². The molecular formula is C28H39N5O5. The second-order valence-corrected chi connectivity index (χ2v) is 10.5. The minimum atomic E-state index is -0.613. The average Bonchev–Trinajstić information content (AvgIpc) is 2.91. The van der Waals surface area contributed by atoms with Crippen LogP contribution in [-0.2, 0) is 25.5 Å². The van der Waals surface area contributed by atoms with Crippen molar-refractivity contribution in [3.63, 3.8) is 0 Å². The third-order valence-electron chi connectivity index (χ3n) is 7.72. The number of likely N-dealkylation sites (tertiary alicyclic amines) is 1. The molecular weight excluding hydrogens is 486 g/mol. The minimum Gasteiger partial charge on any atom is -0.381 e. The van der Waals surface area contributed by atoms with Gasteiger partial charge >= 0.3 is 0 Å². The normalized spacial score (nSPS) is 21.5. The van der Waals surface area contributed by atoms with Crippen LogP contribution in [0.1, 0.15) is 64.1 Å². The topological polar surface area (TPSA) is 133 Å². The quantitative estimate of drug-likeness (QED) is 0.560. The molecule has 2 aliphatic rings. The van der Waals surface area contributed by atoms with E-state index in [0.717, 1.165) is 19.3 Å². The predicted molar refractivity (Wildman–Crippen MR) is 143 cm³/mol. The molecule has 2 aromatic rings. The lowest BCUT2D eigenvalue weighted by atomic mass is 9.73. The van der Waals surface area contributed by atoms with Gasteiger partial charge in [-0.3, -0.25) is 19.2 Å². The molecule has 0 saturated carbocycles. The van der Waals surface area contributed by atoms with Crippen molar-refractivity contribution in [1.29, 1.82) is 0 Å². The number of rotatable bonds is 4. The largest absolute Gasteiger partial charge is 0.381 e. The smallest absolute Gasteiger partial charge is 0.258 e. The third-order valence-corrected chi connectivity index (χ3v) is 7.72. The number of aromatic amines is 1. The Kier molecular flexibility index (Phi) is 9.49. The highest BCUT2D eigenvalue weighted by Crippen LogP contribution is 2.37. The zero-order valence-corrected chi connectivity index (χ0v) is 22.2. The van der Waals surface area contributed by atoms with Gasteiger partial charge in [0.1, 0.15) is 11.9 Å². The maximum atomic E-state index is 13.4. The van der Waals surface area contributed by atoms with Crippen molar-refractivity contribution >= 4 is 28.6 Å². The first-order chi connectivity index (χ1) is 18.4. The lowest BCUT2D eigenvalue weighted by molar-refractivity contribution is -0.142. The van der Waals surface area contributed by atoms with E-state index in [1.54, 1.807) is 19.1 Å². The summed E-state index contributed by atoms with van der Waals surface area (Å²) in [6, 6.07) is 6.59. The molecule has 10 heteroatoms.